The normalized spacial score (nSPS) is 12.4. The molecule has 0 saturated carbocycles. The van der Waals surface area contributed by atoms with Gasteiger partial charge >= 0.3 is 0 Å². The first kappa shape index (κ1) is 10.2. The number of aromatic nitrogens is 1. The maximum atomic E-state index is 9.64. The number of hydrogen-bond donors (Lipinski definition) is 1. The average molecular weight is 195 g/mol. The van der Waals surface area contributed by atoms with Gasteiger partial charge in [0.2, 0.25) is 0 Å². The molecule has 0 radical (unpaired) electrons. The molecular weight excluding hydrogens is 182 g/mol. The molecule has 1 aromatic heterocycles. The van der Waals surface area contributed by atoms with Gasteiger partial charge < -0.3 is 5.11 Å². The van der Waals surface area contributed by atoms with E-state index in [0.29, 0.717) is 6.42 Å². The Morgan fingerprint density at radius 1 is 1.77 bits per heavy atom. The molecule has 0 aliphatic rings. The van der Waals surface area contributed by atoms with Crippen LogP contribution in [0.1, 0.15) is 36.1 Å². The molecule has 0 bridgehead atoms. The Hall–Kier alpha value is -0.850. The fraction of sp³-hybridized carbons (Fsp3) is 0.500. The van der Waals surface area contributed by atoms with Crippen molar-refractivity contribution in [2.45, 2.75) is 32.3 Å². The van der Waals surface area contributed by atoms with Gasteiger partial charge in [0.05, 0.1) is 0 Å². The highest BCUT2D eigenvalue weighted by atomic mass is 32.1. The van der Waals surface area contributed by atoms with Crippen molar-refractivity contribution in [3.05, 3.63) is 16.1 Å². The van der Waals surface area contributed by atoms with Crippen molar-refractivity contribution in [2.24, 2.45) is 0 Å². The zero-order valence-electron chi connectivity index (χ0n) is 7.66. The number of rotatable bonds is 4. The fourth-order valence-corrected chi connectivity index (χ4v) is 1.86. The van der Waals surface area contributed by atoms with Crippen LogP contribution in [0.4, 0.5) is 0 Å². The van der Waals surface area contributed by atoms with Crippen LogP contribution in [0.15, 0.2) is 5.38 Å². The Labute approximate surface area is 82.6 Å². The van der Waals surface area contributed by atoms with Crippen LogP contribution in [0.3, 0.4) is 0 Å². The first-order valence-corrected chi connectivity index (χ1v) is 5.15. The summed E-state index contributed by atoms with van der Waals surface area (Å²) in [6, 6.07) is 0. The Bertz CT molecular complexity index is 300. The lowest BCUT2D eigenvalue weighted by molar-refractivity contribution is 0.164. The van der Waals surface area contributed by atoms with Crippen LogP contribution in [0, 0.1) is 19.3 Å². The molecule has 1 heterocycles. The van der Waals surface area contributed by atoms with Crippen LogP contribution in [-0.4, -0.2) is 10.1 Å². The van der Waals surface area contributed by atoms with Gasteiger partial charge in [-0.15, -0.1) is 23.7 Å². The Kier molecular flexibility index (Phi) is 3.94. The van der Waals surface area contributed by atoms with E-state index in [4.69, 9.17) is 6.42 Å². The van der Waals surface area contributed by atoms with Crippen LogP contribution in [0.25, 0.3) is 0 Å². The number of thiazole rings is 1. The summed E-state index contributed by atoms with van der Waals surface area (Å²) in [7, 11) is 0. The zero-order valence-corrected chi connectivity index (χ0v) is 8.47. The van der Waals surface area contributed by atoms with E-state index in [1.807, 2.05) is 12.3 Å². The number of terminal acetylenes is 1. The van der Waals surface area contributed by atoms with Gasteiger partial charge in [0.1, 0.15) is 11.1 Å². The highest BCUT2D eigenvalue weighted by Gasteiger charge is 2.10. The average Bonchev–Trinajstić information content (AvgIpc) is 2.52. The van der Waals surface area contributed by atoms with Gasteiger partial charge in [-0.05, 0) is 19.8 Å². The zero-order chi connectivity index (χ0) is 9.68. The van der Waals surface area contributed by atoms with Crippen molar-refractivity contribution >= 4 is 11.3 Å². The molecule has 0 spiro atoms. The number of aliphatic hydroxyl groups excluding tert-OH is 1. The van der Waals surface area contributed by atoms with Crippen molar-refractivity contribution in [1.29, 1.82) is 0 Å². The summed E-state index contributed by atoms with van der Waals surface area (Å²) in [5.74, 6) is 2.55. The van der Waals surface area contributed by atoms with Crippen molar-refractivity contribution in [3.8, 4) is 12.3 Å². The minimum atomic E-state index is -0.438. The fourth-order valence-electron chi connectivity index (χ4n) is 1.05. The number of hydrogen-bond acceptors (Lipinski definition) is 3. The molecule has 1 aromatic rings. The first-order chi connectivity index (χ1) is 6.24. The van der Waals surface area contributed by atoms with Gasteiger partial charge in [-0.1, -0.05) is 0 Å². The van der Waals surface area contributed by atoms with Crippen molar-refractivity contribution in [1.82, 2.24) is 4.98 Å². The third-order valence-electron chi connectivity index (χ3n) is 1.72. The molecule has 13 heavy (non-hydrogen) atoms. The van der Waals surface area contributed by atoms with Gasteiger partial charge in [0, 0.05) is 17.5 Å². The highest BCUT2D eigenvalue weighted by molar-refractivity contribution is 7.09. The minimum absolute atomic E-state index is 0.438. The molecular formula is C10H13NOS. The summed E-state index contributed by atoms with van der Waals surface area (Å²) in [6.45, 7) is 1.92. The van der Waals surface area contributed by atoms with Gasteiger partial charge in [0.25, 0.3) is 0 Å². The van der Waals surface area contributed by atoms with Gasteiger partial charge in [-0.2, -0.15) is 0 Å². The summed E-state index contributed by atoms with van der Waals surface area (Å²) in [6.07, 6.45) is 6.96. The molecule has 70 valence electrons. The lowest BCUT2D eigenvalue weighted by Crippen LogP contribution is -1.96. The molecule has 0 fully saturated rings. The van der Waals surface area contributed by atoms with E-state index in [2.05, 4.69) is 10.9 Å². The Morgan fingerprint density at radius 3 is 3.08 bits per heavy atom. The molecule has 1 atom stereocenters. The molecule has 0 amide bonds. The van der Waals surface area contributed by atoms with Crippen LogP contribution >= 0.6 is 11.3 Å². The van der Waals surface area contributed by atoms with E-state index in [9.17, 15) is 5.11 Å². The van der Waals surface area contributed by atoms with E-state index in [1.165, 1.54) is 11.3 Å². The Morgan fingerprint density at radius 2 is 2.54 bits per heavy atom. The summed E-state index contributed by atoms with van der Waals surface area (Å²) >= 11 is 1.50. The van der Waals surface area contributed by atoms with E-state index in [-0.39, 0.29) is 0 Å². The van der Waals surface area contributed by atoms with Crippen molar-refractivity contribution < 1.29 is 5.11 Å². The summed E-state index contributed by atoms with van der Waals surface area (Å²) in [5.41, 5.74) is 0.969. The SMILES string of the molecule is C#CCCCC(O)c1nc(C)cs1. The molecule has 0 saturated heterocycles. The smallest absolute Gasteiger partial charge is 0.121 e. The number of aliphatic hydroxyl groups is 1. The predicted molar refractivity (Wildman–Crippen MR) is 54.5 cm³/mol. The van der Waals surface area contributed by atoms with Crippen molar-refractivity contribution in [2.75, 3.05) is 0 Å². The monoisotopic (exact) mass is 195 g/mol. The maximum Gasteiger partial charge on any atom is 0.121 e. The van der Waals surface area contributed by atoms with Gasteiger partial charge in [-0.25, -0.2) is 4.98 Å². The van der Waals surface area contributed by atoms with Gasteiger partial charge in [0.15, 0.2) is 0 Å². The van der Waals surface area contributed by atoms with Crippen molar-refractivity contribution in [3.63, 3.8) is 0 Å². The lowest BCUT2D eigenvalue weighted by Gasteiger charge is -2.04. The van der Waals surface area contributed by atoms with E-state index >= 15 is 0 Å². The molecule has 1 unspecified atom stereocenters. The topological polar surface area (TPSA) is 33.1 Å². The second-order valence-corrected chi connectivity index (χ2v) is 3.83. The Balaban J connectivity index is 2.40. The molecule has 1 N–H and O–H groups in total. The number of nitrogens with zero attached hydrogens (tertiary/aromatic N) is 1. The third-order valence-corrected chi connectivity index (χ3v) is 2.78. The second kappa shape index (κ2) is 5.00. The second-order valence-electron chi connectivity index (χ2n) is 2.94. The summed E-state index contributed by atoms with van der Waals surface area (Å²) in [5, 5.41) is 12.4. The summed E-state index contributed by atoms with van der Waals surface area (Å²) in [4.78, 5) is 4.21. The van der Waals surface area contributed by atoms with Crippen LogP contribution in [0.5, 0.6) is 0 Å². The van der Waals surface area contributed by atoms with Crippen LogP contribution < -0.4 is 0 Å². The molecule has 3 heteroatoms. The number of aryl methyl sites for hydroxylation is 1. The lowest BCUT2D eigenvalue weighted by atomic mass is 10.2. The largest absolute Gasteiger partial charge is 0.386 e. The highest BCUT2D eigenvalue weighted by Crippen LogP contribution is 2.22. The van der Waals surface area contributed by atoms with Crippen LogP contribution in [-0.2, 0) is 0 Å². The standard InChI is InChI=1S/C10H13NOS/c1-3-4-5-6-9(12)10-11-8(2)7-13-10/h1,7,9,12H,4-6H2,2H3. The third kappa shape index (κ3) is 3.17. The predicted octanol–water partition coefficient (Wildman–Crippen LogP) is 2.29. The number of unbranched alkanes of at least 4 members (excludes halogenated alkanes) is 1. The van der Waals surface area contributed by atoms with E-state index in [1.54, 1.807) is 0 Å². The van der Waals surface area contributed by atoms with E-state index in [0.717, 1.165) is 23.5 Å². The molecule has 0 aliphatic carbocycles. The molecule has 0 aromatic carbocycles. The first-order valence-electron chi connectivity index (χ1n) is 4.27. The maximum absolute atomic E-state index is 9.64. The quantitative estimate of drug-likeness (QED) is 0.590. The molecule has 2 nitrogen and oxygen atoms in total. The minimum Gasteiger partial charge on any atom is -0.386 e. The molecule has 1 rings (SSSR count). The summed E-state index contributed by atoms with van der Waals surface area (Å²) < 4.78 is 0. The van der Waals surface area contributed by atoms with Crippen LogP contribution in [0.2, 0.25) is 0 Å². The molecule has 0 aliphatic heterocycles. The van der Waals surface area contributed by atoms with Gasteiger partial charge in [-0.3, -0.25) is 0 Å². The van der Waals surface area contributed by atoms with E-state index < -0.39 is 6.10 Å².